The summed E-state index contributed by atoms with van der Waals surface area (Å²) in [6, 6.07) is -1.55. The first-order valence-corrected chi connectivity index (χ1v) is 5.11. The van der Waals surface area contributed by atoms with Gasteiger partial charge in [-0.2, -0.15) is 0 Å². The monoisotopic (exact) mass is 228 g/mol. The van der Waals surface area contributed by atoms with Crippen molar-refractivity contribution in [3.05, 3.63) is 12.7 Å². The molecule has 0 aliphatic heterocycles. The molecule has 1 aliphatic rings. The van der Waals surface area contributed by atoms with Gasteiger partial charge in [-0.3, -0.25) is 0 Å². The molecule has 16 heavy (non-hydrogen) atoms. The minimum atomic E-state index is -1.25. The Balaban J connectivity index is 2.53. The second-order valence-corrected chi connectivity index (χ2v) is 3.70. The predicted octanol–water partition coefficient (Wildman–Crippen LogP) is -0.208. The number of nitrogens with one attached hydrogen (secondary N) is 1. The van der Waals surface area contributed by atoms with Gasteiger partial charge >= 0.3 is 12.0 Å². The lowest BCUT2D eigenvalue weighted by Gasteiger charge is -2.23. The maximum absolute atomic E-state index is 11.7. The van der Waals surface area contributed by atoms with Gasteiger partial charge in [0, 0.05) is 12.6 Å². The molecule has 1 atom stereocenters. The summed E-state index contributed by atoms with van der Waals surface area (Å²) in [5.74, 6) is -1.25. The van der Waals surface area contributed by atoms with Crippen molar-refractivity contribution in [1.82, 2.24) is 10.2 Å². The largest absolute Gasteiger partial charge is 0.480 e. The van der Waals surface area contributed by atoms with Crippen molar-refractivity contribution in [1.29, 1.82) is 0 Å². The molecule has 1 saturated carbocycles. The number of carboxylic acid groups (broad SMARTS) is 1. The van der Waals surface area contributed by atoms with E-state index in [4.69, 9.17) is 10.2 Å². The second kappa shape index (κ2) is 5.50. The van der Waals surface area contributed by atoms with E-state index in [-0.39, 0.29) is 6.04 Å². The Morgan fingerprint density at radius 2 is 2.19 bits per heavy atom. The van der Waals surface area contributed by atoms with Crippen LogP contribution in [-0.4, -0.2) is 52.3 Å². The van der Waals surface area contributed by atoms with Gasteiger partial charge in [0.05, 0.1) is 6.61 Å². The summed E-state index contributed by atoms with van der Waals surface area (Å²) in [4.78, 5) is 23.8. The van der Waals surface area contributed by atoms with E-state index in [0.29, 0.717) is 6.54 Å². The van der Waals surface area contributed by atoms with Gasteiger partial charge in [0.25, 0.3) is 0 Å². The molecule has 0 aromatic heterocycles. The number of amides is 2. The number of aliphatic hydroxyl groups excluding tert-OH is 1. The van der Waals surface area contributed by atoms with Gasteiger partial charge in [-0.25, -0.2) is 9.59 Å². The fourth-order valence-corrected chi connectivity index (χ4v) is 1.34. The molecule has 3 N–H and O–H groups in total. The smallest absolute Gasteiger partial charge is 0.328 e. The van der Waals surface area contributed by atoms with E-state index in [1.807, 2.05) is 0 Å². The molecule has 1 unspecified atom stereocenters. The molecule has 2 amide bonds. The zero-order chi connectivity index (χ0) is 12.1. The molecule has 1 aliphatic carbocycles. The van der Waals surface area contributed by atoms with E-state index >= 15 is 0 Å². The Labute approximate surface area is 93.5 Å². The summed E-state index contributed by atoms with van der Waals surface area (Å²) in [6.45, 7) is 3.31. The Kier molecular flexibility index (Phi) is 4.30. The zero-order valence-electron chi connectivity index (χ0n) is 8.93. The van der Waals surface area contributed by atoms with Crippen LogP contribution >= 0.6 is 0 Å². The molecular formula is C10H16N2O4. The summed E-state index contributed by atoms with van der Waals surface area (Å²) in [5, 5.41) is 19.7. The van der Waals surface area contributed by atoms with Crippen LogP contribution in [0.5, 0.6) is 0 Å². The van der Waals surface area contributed by atoms with Crippen LogP contribution in [-0.2, 0) is 4.79 Å². The van der Waals surface area contributed by atoms with Crippen LogP contribution in [0.4, 0.5) is 4.79 Å². The average molecular weight is 228 g/mol. The van der Waals surface area contributed by atoms with Gasteiger partial charge in [0.1, 0.15) is 0 Å². The lowest BCUT2D eigenvalue weighted by atomic mass is 10.3. The highest BCUT2D eigenvalue weighted by atomic mass is 16.4. The summed E-state index contributed by atoms with van der Waals surface area (Å²) < 4.78 is 0. The number of hydrogen-bond acceptors (Lipinski definition) is 3. The number of hydrogen-bond donors (Lipinski definition) is 3. The number of carbonyl (C=O) groups excluding carboxylic acids is 1. The van der Waals surface area contributed by atoms with Crippen molar-refractivity contribution in [2.45, 2.75) is 24.9 Å². The first-order chi connectivity index (χ1) is 7.60. The van der Waals surface area contributed by atoms with Gasteiger partial charge in [-0.1, -0.05) is 6.08 Å². The van der Waals surface area contributed by atoms with Crippen molar-refractivity contribution in [3.8, 4) is 0 Å². The topological polar surface area (TPSA) is 89.9 Å². The van der Waals surface area contributed by atoms with Gasteiger partial charge in [0.15, 0.2) is 6.04 Å². The first kappa shape index (κ1) is 12.5. The molecule has 0 spiro atoms. The molecule has 6 nitrogen and oxygen atoms in total. The summed E-state index contributed by atoms with van der Waals surface area (Å²) in [7, 11) is 0. The zero-order valence-corrected chi connectivity index (χ0v) is 8.93. The van der Waals surface area contributed by atoms with E-state index in [9.17, 15) is 9.59 Å². The van der Waals surface area contributed by atoms with Crippen LogP contribution in [0.3, 0.4) is 0 Å². The molecule has 0 heterocycles. The van der Waals surface area contributed by atoms with Crippen LogP contribution in [0.15, 0.2) is 12.7 Å². The summed E-state index contributed by atoms with van der Waals surface area (Å²) in [6.07, 6.45) is 3.45. The van der Waals surface area contributed by atoms with Crippen molar-refractivity contribution in [3.63, 3.8) is 0 Å². The number of nitrogens with zero attached hydrogens (tertiary/aromatic N) is 1. The van der Waals surface area contributed by atoms with E-state index in [1.54, 1.807) is 6.08 Å². The Hall–Kier alpha value is -1.56. The minimum Gasteiger partial charge on any atom is -0.480 e. The Morgan fingerprint density at radius 1 is 1.56 bits per heavy atom. The van der Waals surface area contributed by atoms with Crippen LogP contribution in [0.1, 0.15) is 12.8 Å². The third-order valence-electron chi connectivity index (χ3n) is 2.35. The molecule has 0 aromatic carbocycles. The summed E-state index contributed by atoms with van der Waals surface area (Å²) >= 11 is 0. The highest BCUT2D eigenvalue weighted by Gasteiger charge is 2.33. The number of aliphatic carboxylic acids is 1. The van der Waals surface area contributed by atoms with Crippen LogP contribution in [0.25, 0.3) is 0 Å². The van der Waals surface area contributed by atoms with Gasteiger partial charge < -0.3 is 20.4 Å². The fraction of sp³-hybridized carbons (Fsp3) is 0.600. The van der Waals surface area contributed by atoms with E-state index in [1.165, 1.54) is 4.90 Å². The van der Waals surface area contributed by atoms with Crippen LogP contribution in [0, 0.1) is 0 Å². The minimum absolute atomic E-state index is 0.172. The van der Waals surface area contributed by atoms with Gasteiger partial charge in [-0.15, -0.1) is 6.58 Å². The number of aliphatic hydroxyl groups is 1. The molecule has 0 bridgehead atoms. The molecule has 1 fully saturated rings. The third-order valence-corrected chi connectivity index (χ3v) is 2.35. The van der Waals surface area contributed by atoms with E-state index < -0.39 is 24.6 Å². The average Bonchev–Trinajstić information content (AvgIpc) is 3.05. The fourth-order valence-electron chi connectivity index (χ4n) is 1.34. The number of carbonyl (C=O) groups is 2. The van der Waals surface area contributed by atoms with Gasteiger partial charge in [-0.05, 0) is 12.8 Å². The highest BCUT2D eigenvalue weighted by molar-refractivity contribution is 5.83. The molecule has 0 saturated heterocycles. The number of carboxylic acids is 1. The first-order valence-electron chi connectivity index (χ1n) is 5.11. The van der Waals surface area contributed by atoms with Crippen LogP contribution in [0.2, 0.25) is 0 Å². The predicted molar refractivity (Wildman–Crippen MR) is 57.0 cm³/mol. The van der Waals surface area contributed by atoms with Gasteiger partial charge in [0.2, 0.25) is 0 Å². The van der Waals surface area contributed by atoms with Crippen LogP contribution < -0.4 is 5.32 Å². The normalized spacial score (nSPS) is 16.3. The lowest BCUT2D eigenvalue weighted by molar-refractivity contribution is -0.140. The van der Waals surface area contributed by atoms with Crippen molar-refractivity contribution < 1.29 is 19.8 Å². The lowest BCUT2D eigenvalue weighted by Crippen LogP contribution is -2.50. The van der Waals surface area contributed by atoms with Crippen molar-refractivity contribution in [2.75, 3.05) is 13.2 Å². The Morgan fingerprint density at radius 3 is 2.56 bits per heavy atom. The SMILES string of the molecule is C=CCN(C(=O)NC(CO)C(=O)O)C1CC1. The molecular weight excluding hydrogens is 212 g/mol. The maximum Gasteiger partial charge on any atom is 0.328 e. The number of urea groups is 1. The van der Waals surface area contributed by atoms with Crippen molar-refractivity contribution >= 4 is 12.0 Å². The van der Waals surface area contributed by atoms with E-state index in [2.05, 4.69) is 11.9 Å². The molecule has 90 valence electrons. The summed E-state index contributed by atoms with van der Waals surface area (Å²) in [5.41, 5.74) is 0. The molecule has 0 radical (unpaired) electrons. The molecule has 6 heteroatoms. The third kappa shape index (κ3) is 3.23. The maximum atomic E-state index is 11.7. The molecule has 1 rings (SSSR count). The van der Waals surface area contributed by atoms with Crippen molar-refractivity contribution in [2.24, 2.45) is 0 Å². The Bertz CT molecular complexity index is 289. The van der Waals surface area contributed by atoms with E-state index in [0.717, 1.165) is 12.8 Å². The standard InChI is InChI=1S/C10H16N2O4/c1-2-5-12(7-3-4-7)10(16)11-8(6-13)9(14)15/h2,7-8,13H,1,3-6H2,(H,11,16)(H,14,15). The highest BCUT2D eigenvalue weighted by Crippen LogP contribution is 2.26. The quantitative estimate of drug-likeness (QED) is 0.549. The second-order valence-electron chi connectivity index (χ2n) is 3.70. The number of rotatable bonds is 6. The molecule has 0 aromatic rings.